The molecule has 0 aliphatic rings. The number of nitrogens with zero attached hydrogens (tertiary/aromatic N) is 3. The van der Waals surface area contributed by atoms with Crippen molar-refractivity contribution in [2.24, 2.45) is 0 Å². The Kier molecular flexibility index (Phi) is 3.13. The molecule has 0 fully saturated rings. The molecular weight excluding hydrogens is 266 g/mol. The average molecular weight is 277 g/mol. The fourth-order valence-corrected chi connectivity index (χ4v) is 2.31. The van der Waals surface area contributed by atoms with Crippen molar-refractivity contribution in [2.45, 2.75) is 6.42 Å². The Balaban J connectivity index is 1.98. The molecule has 3 rings (SSSR count). The van der Waals surface area contributed by atoms with Crippen LogP contribution in [0.1, 0.15) is 16.8 Å². The van der Waals surface area contributed by atoms with Crippen LogP contribution in [0.15, 0.2) is 54.7 Å². The molecule has 5 heteroatoms. The quantitative estimate of drug-likeness (QED) is 0.544. The van der Waals surface area contributed by atoms with E-state index < -0.39 is 4.92 Å². The molecule has 0 bridgehead atoms. The summed E-state index contributed by atoms with van der Waals surface area (Å²) in [6.07, 6.45) is 2.19. The first-order valence-corrected chi connectivity index (χ1v) is 6.41. The molecule has 0 unspecified atom stereocenters. The van der Waals surface area contributed by atoms with Crippen LogP contribution in [-0.4, -0.2) is 9.32 Å². The van der Waals surface area contributed by atoms with Crippen molar-refractivity contribution in [3.05, 3.63) is 81.7 Å². The lowest BCUT2D eigenvalue weighted by atomic mass is 10.1. The van der Waals surface area contributed by atoms with E-state index in [1.165, 1.54) is 12.3 Å². The highest BCUT2D eigenvalue weighted by atomic mass is 16.6. The summed E-state index contributed by atoms with van der Waals surface area (Å²) < 4.78 is 1.83. The Labute approximate surface area is 120 Å². The first-order valence-electron chi connectivity index (χ1n) is 6.41. The predicted molar refractivity (Wildman–Crippen MR) is 78.0 cm³/mol. The maximum Gasteiger partial charge on any atom is 0.285 e. The largest absolute Gasteiger partial charge is 0.314 e. The fourth-order valence-electron chi connectivity index (χ4n) is 2.31. The van der Waals surface area contributed by atoms with E-state index in [0.717, 1.165) is 16.8 Å². The molecular formula is C16H11N3O2. The highest BCUT2D eigenvalue weighted by molar-refractivity contribution is 5.53. The predicted octanol–water partition coefficient (Wildman–Crippen LogP) is 3.31. The standard InChI is InChI=1S/C16H11N3O2/c17-10-13-3-1-12(2-4-13)9-15-7-5-14-6-8-16(19(20)21)11-18(14)15/h1-8,11H,9H2. The first kappa shape index (κ1) is 12.9. The van der Waals surface area contributed by atoms with Crippen molar-refractivity contribution in [3.63, 3.8) is 0 Å². The molecule has 0 saturated heterocycles. The molecule has 0 spiro atoms. The molecule has 0 aliphatic carbocycles. The van der Waals surface area contributed by atoms with Crippen LogP contribution in [0.25, 0.3) is 5.52 Å². The van der Waals surface area contributed by atoms with Crippen LogP contribution in [0, 0.1) is 21.4 Å². The molecule has 0 atom stereocenters. The van der Waals surface area contributed by atoms with Gasteiger partial charge in [-0.3, -0.25) is 10.1 Å². The van der Waals surface area contributed by atoms with Gasteiger partial charge in [-0.25, -0.2) is 0 Å². The minimum atomic E-state index is -0.398. The normalized spacial score (nSPS) is 10.4. The first-order chi connectivity index (χ1) is 10.2. The number of nitro groups is 1. The summed E-state index contributed by atoms with van der Waals surface area (Å²) in [5.41, 5.74) is 3.64. The fraction of sp³-hybridized carbons (Fsp3) is 0.0625. The Hall–Kier alpha value is -3.13. The van der Waals surface area contributed by atoms with Crippen molar-refractivity contribution < 1.29 is 4.92 Å². The number of hydrogen-bond donors (Lipinski definition) is 0. The van der Waals surface area contributed by atoms with Crippen LogP contribution in [-0.2, 0) is 6.42 Å². The zero-order chi connectivity index (χ0) is 14.8. The van der Waals surface area contributed by atoms with Gasteiger partial charge in [-0.1, -0.05) is 12.1 Å². The molecule has 0 amide bonds. The van der Waals surface area contributed by atoms with Crippen molar-refractivity contribution in [1.29, 1.82) is 5.26 Å². The Morgan fingerprint density at radius 2 is 1.81 bits per heavy atom. The van der Waals surface area contributed by atoms with Gasteiger partial charge in [-0.2, -0.15) is 5.26 Å². The molecule has 1 aromatic carbocycles. The SMILES string of the molecule is N#Cc1ccc(Cc2ccc3ccc([N+](=O)[O-])cn23)cc1. The van der Waals surface area contributed by atoms with Gasteiger partial charge in [0.1, 0.15) is 0 Å². The third-order valence-electron chi connectivity index (χ3n) is 3.40. The number of benzene rings is 1. The minimum absolute atomic E-state index is 0.0692. The number of aromatic nitrogens is 1. The van der Waals surface area contributed by atoms with Crippen molar-refractivity contribution in [3.8, 4) is 6.07 Å². The molecule has 2 heterocycles. The van der Waals surface area contributed by atoms with Crippen LogP contribution in [0.5, 0.6) is 0 Å². The lowest BCUT2D eigenvalue weighted by Gasteiger charge is -2.04. The average Bonchev–Trinajstić information content (AvgIpc) is 2.90. The summed E-state index contributed by atoms with van der Waals surface area (Å²) >= 11 is 0. The van der Waals surface area contributed by atoms with E-state index in [2.05, 4.69) is 6.07 Å². The Morgan fingerprint density at radius 3 is 2.48 bits per heavy atom. The monoisotopic (exact) mass is 277 g/mol. The topological polar surface area (TPSA) is 71.3 Å². The molecule has 2 aromatic heterocycles. The maximum absolute atomic E-state index is 10.9. The number of hydrogen-bond acceptors (Lipinski definition) is 3. The Morgan fingerprint density at radius 1 is 1.10 bits per heavy atom. The third-order valence-corrected chi connectivity index (χ3v) is 3.40. The van der Waals surface area contributed by atoms with E-state index in [0.29, 0.717) is 12.0 Å². The number of fused-ring (bicyclic) bond motifs is 1. The molecule has 102 valence electrons. The molecule has 0 aliphatic heterocycles. The second-order valence-corrected chi connectivity index (χ2v) is 4.75. The van der Waals surface area contributed by atoms with E-state index in [-0.39, 0.29) is 5.69 Å². The van der Waals surface area contributed by atoms with Gasteiger partial charge >= 0.3 is 0 Å². The second kappa shape index (κ2) is 5.10. The lowest BCUT2D eigenvalue weighted by Crippen LogP contribution is -1.97. The van der Waals surface area contributed by atoms with Gasteiger partial charge in [-0.15, -0.1) is 0 Å². The third kappa shape index (κ3) is 2.47. The number of pyridine rings is 1. The second-order valence-electron chi connectivity index (χ2n) is 4.75. The van der Waals surface area contributed by atoms with Crippen molar-refractivity contribution in [1.82, 2.24) is 4.40 Å². The number of nitriles is 1. The zero-order valence-corrected chi connectivity index (χ0v) is 11.1. The molecule has 5 nitrogen and oxygen atoms in total. The Bertz CT molecular complexity index is 857. The summed E-state index contributed by atoms with van der Waals surface area (Å²) in [6, 6.07) is 16.5. The van der Waals surface area contributed by atoms with Crippen LogP contribution in [0.4, 0.5) is 5.69 Å². The van der Waals surface area contributed by atoms with Crippen LogP contribution in [0.2, 0.25) is 0 Å². The van der Waals surface area contributed by atoms with E-state index in [4.69, 9.17) is 5.26 Å². The van der Waals surface area contributed by atoms with Crippen molar-refractivity contribution in [2.75, 3.05) is 0 Å². The summed E-state index contributed by atoms with van der Waals surface area (Å²) in [7, 11) is 0. The molecule has 0 N–H and O–H groups in total. The van der Waals surface area contributed by atoms with Gasteiger partial charge in [0.2, 0.25) is 0 Å². The van der Waals surface area contributed by atoms with Gasteiger partial charge in [0, 0.05) is 23.7 Å². The van der Waals surface area contributed by atoms with Crippen LogP contribution < -0.4 is 0 Å². The highest BCUT2D eigenvalue weighted by Gasteiger charge is 2.09. The van der Waals surface area contributed by atoms with E-state index in [1.807, 2.05) is 28.7 Å². The van der Waals surface area contributed by atoms with E-state index in [1.54, 1.807) is 18.2 Å². The van der Waals surface area contributed by atoms with Gasteiger partial charge in [0.25, 0.3) is 5.69 Å². The van der Waals surface area contributed by atoms with E-state index >= 15 is 0 Å². The van der Waals surface area contributed by atoms with Gasteiger partial charge < -0.3 is 4.40 Å². The molecule has 0 saturated carbocycles. The molecule has 0 radical (unpaired) electrons. The minimum Gasteiger partial charge on any atom is -0.314 e. The summed E-state index contributed by atoms with van der Waals surface area (Å²) in [4.78, 5) is 10.5. The molecule has 21 heavy (non-hydrogen) atoms. The van der Waals surface area contributed by atoms with E-state index in [9.17, 15) is 10.1 Å². The van der Waals surface area contributed by atoms with Crippen molar-refractivity contribution >= 4 is 11.2 Å². The summed E-state index contributed by atoms with van der Waals surface area (Å²) in [5.74, 6) is 0. The number of rotatable bonds is 3. The lowest BCUT2D eigenvalue weighted by molar-refractivity contribution is -0.385. The molecule has 3 aromatic rings. The summed E-state index contributed by atoms with van der Waals surface area (Å²) in [6.45, 7) is 0. The smallest absolute Gasteiger partial charge is 0.285 e. The van der Waals surface area contributed by atoms with Crippen LogP contribution >= 0.6 is 0 Å². The van der Waals surface area contributed by atoms with Gasteiger partial charge in [-0.05, 0) is 35.9 Å². The van der Waals surface area contributed by atoms with Gasteiger partial charge in [0.05, 0.1) is 22.8 Å². The zero-order valence-electron chi connectivity index (χ0n) is 11.1. The maximum atomic E-state index is 10.9. The summed E-state index contributed by atoms with van der Waals surface area (Å²) in [5, 5.41) is 19.7. The van der Waals surface area contributed by atoms with Crippen LogP contribution in [0.3, 0.4) is 0 Å². The highest BCUT2D eigenvalue weighted by Crippen LogP contribution is 2.19. The van der Waals surface area contributed by atoms with Gasteiger partial charge in [0.15, 0.2) is 0 Å².